The Morgan fingerprint density at radius 3 is 2.83 bits per heavy atom. The highest BCUT2D eigenvalue weighted by Crippen LogP contribution is 2.48. The minimum atomic E-state index is -0.103. The van der Waals surface area contributed by atoms with Crippen LogP contribution in [0.3, 0.4) is 0 Å². The minimum absolute atomic E-state index is 0.0810. The van der Waals surface area contributed by atoms with Crippen LogP contribution >= 0.6 is 0 Å². The maximum Gasteiger partial charge on any atom is 0.203 e. The van der Waals surface area contributed by atoms with E-state index in [1.807, 2.05) is 24.3 Å². The second kappa shape index (κ2) is 3.81. The van der Waals surface area contributed by atoms with Crippen LogP contribution in [0, 0.1) is 11.3 Å². The van der Waals surface area contributed by atoms with Crippen molar-refractivity contribution in [1.29, 1.82) is 5.26 Å². The highest BCUT2D eigenvalue weighted by molar-refractivity contribution is 6.14. The Morgan fingerprint density at radius 2 is 2.06 bits per heavy atom. The fourth-order valence-electron chi connectivity index (χ4n) is 3.46. The molecule has 0 spiro atoms. The molecule has 1 atom stereocenters. The van der Waals surface area contributed by atoms with Crippen molar-refractivity contribution in [3.8, 4) is 6.07 Å². The number of ketones is 1. The molecule has 0 aliphatic heterocycles. The maximum atomic E-state index is 12.4. The minimum Gasteiger partial charge on any atom is -0.288 e. The van der Waals surface area contributed by atoms with E-state index in [4.69, 9.17) is 0 Å². The SMILES string of the molecule is CC12CCCCC1=C(C#N)C(=O)c1ccccc12. The molecule has 2 aliphatic carbocycles. The molecule has 0 heterocycles. The van der Waals surface area contributed by atoms with Crippen LogP contribution < -0.4 is 0 Å². The van der Waals surface area contributed by atoms with Gasteiger partial charge in [0.2, 0.25) is 5.78 Å². The van der Waals surface area contributed by atoms with Gasteiger partial charge in [0.1, 0.15) is 11.6 Å². The molecule has 0 aromatic heterocycles. The highest BCUT2D eigenvalue weighted by atomic mass is 16.1. The quantitative estimate of drug-likeness (QED) is 0.692. The molecule has 18 heavy (non-hydrogen) atoms. The van der Waals surface area contributed by atoms with E-state index in [9.17, 15) is 10.1 Å². The van der Waals surface area contributed by atoms with Gasteiger partial charge in [0.25, 0.3) is 0 Å². The van der Waals surface area contributed by atoms with Crippen molar-refractivity contribution >= 4 is 5.78 Å². The third kappa shape index (κ3) is 1.31. The largest absolute Gasteiger partial charge is 0.288 e. The Kier molecular flexibility index (Phi) is 2.38. The van der Waals surface area contributed by atoms with Crippen molar-refractivity contribution in [3.63, 3.8) is 0 Å². The van der Waals surface area contributed by atoms with Crippen LogP contribution in [0.25, 0.3) is 0 Å². The van der Waals surface area contributed by atoms with Gasteiger partial charge in [0.05, 0.1) is 0 Å². The van der Waals surface area contributed by atoms with Crippen molar-refractivity contribution in [2.45, 2.75) is 38.0 Å². The molecule has 2 nitrogen and oxygen atoms in total. The van der Waals surface area contributed by atoms with Crippen molar-refractivity contribution < 1.29 is 4.79 Å². The summed E-state index contributed by atoms with van der Waals surface area (Å²) in [6.07, 6.45) is 4.18. The third-order valence-electron chi connectivity index (χ3n) is 4.43. The molecule has 0 amide bonds. The number of hydrogen-bond donors (Lipinski definition) is 0. The summed E-state index contributed by atoms with van der Waals surface area (Å²) in [4.78, 5) is 12.4. The highest BCUT2D eigenvalue weighted by Gasteiger charge is 2.42. The van der Waals surface area contributed by atoms with Crippen LogP contribution in [0.2, 0.25) is 0 Å². The van der Waals surface area contributed by atoms with Gasteiger partial charge in [-0.05, 0) is 30.4 Å². The van der Waals surface area contributed by atoms with Crippen LogP contribution in [0.5, 0.6) is 0 Å². The molecule has 2 heteroatoms. The zero-order valence-corrected chi connectivity index (χ0v) is 10.5. The maximum absolute atomic E-state index is 12.4. The van der Waals surface area contributed by atoms with Gasteiger partial charge in [0.15, 0.2) is 0 Å². The van der Waals surface area contributed by atoms with Gasteiger partial charge in [-0.25, -0.2) is 0 Å². The van der Waals surface area contributed by atoms with E-state index in [2.05, 4.69) is 13.0 Å². The number of allylic oxidation sites excluding steroid dienone is 2. The number of hydrogen-bond acceptors (Lipinski definition) is 2. The first-order valence-corrected chi connectivity index (χ1v) is 6.46. The number of Topliss-reactive ketones (excluding diaryl/α,β-unsaturated/α-hetero) is 1. The predicted molar refractivity (Wildman–Crippen MR) is 69.2 cm³/mol. The summed E-state index contributed by atoms with van der Waals surface area (Å²) in [5.41, 5.74) is 3.20. The molecule has 3 rings (SSSR count). The molecule has 1 fully saturated rings. The number of nitriles is 1. The van der Waals surface area contributed by atoms with E-state index in [1.165, 1.54) is 6.42 Å². The Labute approximate surface area is 107 Å². The Hall–Kier alpha value is -1.88. The molecule has 0 bridgehead atoms. The van der Waals surface area contributed by atoms with Gasteiger partial charge in [-0.2, -0.15) is 5.26 Å². The van der Waals surface area contributed by atoms with Crippen molar-refractivity contribution in [2.75, 3.05) is 0 Å². The van der Waals surface area contributed by atoms with Gasteiger partial charge in [0, 0.05) is 11.0 Å². The molecule has 0 saturated heterocycles. The lowest BCUT2D eigenvalue weighted by Crippen LogP contribution is -2.35. The molecule has 1 unspecified atom stereocenters. The van der Waals surface area contributed by atoms with Gasteiger partial charge >= 0.3 is 0 Å². The number of nitrogens with zero attached hydrogens (tertiary/aromatic N) is 1. The summed E-state index contributed by atoms with van der Waals surface area (Å²) in [6, 6.07) is 9.92. The average molecular weight is 237 g/mol. The van der Waals surface area contributed by atoms with E-state index in [0.29, 0.717) is 5.57 Å². The predicted octanol–water partition coefficient (Wildman–Crippen LogP) is 3.53. The number of fused-ring (bicyclic) bond motifs is 3. The van der Waals surface area contributed by atoms with Crippen LogP contribution in [0.4, 0.5) is 0 Å². The van der Waals surface area contributed by atoms with Crippen molar-refractivity contribution in [1.82, 2.24) is 0 Å². The smallest absolute Gasteiger partial charge is 0.203 e. The molecular weight excluding hydrogens is 222 g/mol. The Balaban J connectivity index is 2.32. The second-order valence-electron chi connectivity index (χ2n) is 5.38. The molecule has 0 N–H and O–H groups in total. The number of rotatable bonds is 0. The van der Waals surface area contributed by atoms with Gasteiger partial charge < -0.3 is 0 Å². The lowest BCUT2D eigenvalue weighted by atomic mass is 9.61. The topological polar surface area (TPSA) is 40.9 Å². The molecule has 1 saturated carbocycles. The van der Waals surface area contributed by atoms with Gasteiger partial charge in [-0.3, -0.25) is 4.79 Å². The lowest BCUT2D eigenvalue weighted by Gasteiger charge is -2.41. The van der Waals surface area contributed by atoms with Crippen LogP contribution in [-0.4, -0.2) is 5.78 Å². The second-order valence-corrected chi connectivity index (χ2v) is 5.38. The fraction of sp³-hybridized carbons (Fsp3) is 0.375. The van der Waals surface area contributed by atoms with Crippen LogP contribution in [-0.2, 0) is 5.41 Å². The Morgan fingerprint density at radius 1 is 1.28 bits per heavy atom. The van der Waals surface area contributed by atoms with Crippen molar-refractivity contribution in [3.05, 3.63) is 46.5 Å². The number of carbonyl (C=O) groups excluding carboxylic acids is 1. The zero-order valence-electron chi connectivity index (χ0n) is 10.5. The first-order chi connectivity index (χ1) is 8.68. The monoisotopic (exact) mass is 237 g/mol. The van der Waals surface area contributed by atoms with Gasteiger partial charge in [-0.1, -0.05) is 37.6 Å². The molecule has 90 valence electrons. The summed E-state index contributed by atoms with van der Waals surface area (Å²) >= 11 is 0. The van der Waals surface area contributed by atoms with E-state index >= 15 is 0 Å². The first kappa shape index (κ1) is 11.2. The standard InChI is InChI=1S/C16H15NO/c1-16-9-5-4-8-14(16)12(10-17)15(18)11-6-2-3-7-13(11)16/h2-3,6-7H,4-5,8-9H2,1H3. The number of benzene rings is 1. The summed E-state index contributed by atoms with van der Waals surface area (Å²) in [6.45, 7) is 2.18. The van der Waals surface area contributed by atoms with Crippen LogP contribution in [0.15, 0.2) is 35.4 Å². The average Bonchev–Trinajstić information content (AvgIpc) is 2.41. The molecule has 1 aromatic rings. The van der Waals surface area contributed by atoms with E-state index in [0.717, 1.165) is 36.0 Å². The van der Waals surface area contributed by atoms with E-state index < -0.39 is 0 Å². The molecular formula is C16H15NO. The summed E-state index contributed by atoms with van der Waals surface area (Å²) in [5.74, 6) is -0.0810. The van der Waals surface area contributed by atoms with Gasteiger partial charge in [-0.15, -0.1) is 0 Å². The molecule has 0 radical (unpaired) electrons. The zero-order chi connectivity index (χ0) is 12.8. The number of carbonyl (C=O) groups is 1. The normalized spacial score (nSPS) is 26.3. The first-order valence-electron chi connectivity index (χ1n) is 6.46. The fourth-order valence-corrected chi connectivity index (χ4v) is 3.46. The summed E-state index contributed by atoms with van der Waals surface area (Å²) < 4.78 is 0. The third-order valence-corrected chi connectivity index (χ3v) is 4.43. The molecule has 2 aliphatic rings. The summed E-state index contributed by atoms with van der Waals surface area (Å²) in [7, 11) is 0. The summed E-state index contributed by atoms with van der Waals surface area (Å²) in [5, 5.41) is 9.31. The van der Waals surface area contributed by atoms with E-state index in [1.54, 1.807) is 0 Å². The lowest BCUT2D eigenvalue weighted by molar-refractivity contribution is 0.102. The van der Waals surface area contributed by atoms with E-state index in [-0.39, 0.29) is 11.2 Å². The van der Waals surface area contributed by atoms with Crippen LogP contribution in [0.1, 0.15) is 48.5 Å². The van der Waals surface area contributed by atoms with Crippen molar-refractivity contribution in [2.24, 2.45) is 0 Å². The Bertz CT molecular complexity index is 606. The molecule has 1 aromatic carbocycles.